The minimum absolute atomic E-state index is 0.183. The first kappa shape index (κ1) is 13.0. The highest BCUT2D eigenvalue weighted by Gasteiger charge is 2.29. The van der Waals surface area contributed by atoms with Crippen LogP contribution in [0.5, 0.6) is 0 Å². The highest BCUT2D eigenvalue weighted by Crippen LogP contribution is 2.29. The first-order valence-corrected chi connectivity index (χ1v) is 6.28. The van der Waals surface area contributed by atoms with Crippen molar-refractivity contribution in [3.63, 3.8) is 0 Å². The maximum absolute atomic E-state index is 5.62. The third kappa shape index (κ3) is 3.76. The molecule has 0 radical (unpaired) electrons. The van der Waals surface area contributed by atoms with Gasteiger partial charge in [0.25, 0.3) is 0 Å². The minimum Gasteiger partial charge on any atom is -0.233 e. The molecule has 2 heteroatoms. The van der Waals surface area contributed by atoms with E-state index in [1.807, 2.05) is 0 Å². The van der Waals surface area contributed by atoms with Gasteiger partial charge < -0.3 is 0 Å². The van der Waals surface area contributed by atoms with Crippen molar-refractivity contribution < 1.29 is 9.78 Å². The van der Waals surface area contributed by atoms with Crippen molar-refractivity contribution in [3.8, 4) is 0 Å². The van der Waals surface area contributed by atoms with E-state index in [0.29, 0.717) is 17.9 Å². The SMILES string of the molecule is CC1CCCCC1OOC(C)(C)C(C)C. The summed E-state index contributed by atoms with van der Waals surface area (Å²) in [6.45, 7) is 10.8. The Kier molecular flexibility index (Phi) is 4.60. The first-order valence-electron chi connectivity index (χ1n) is 6.28. The van der Waals surface area contributed by atoms with Gasteiger partial charge in [-0.15, -0.1) is 0 Å². The fraction of sp³-hybridized carbons (Fsp3) is 1.00. The van der Waals surface area contributed by atoms with Crippen LogP contribution in [-0.2, 0) is 9.78 Å². The molecule has 1 aliphatic carbocycles. The van der Waals surface area contributed by atoms with Crippen molar-refractivity contribution in [1.82, 2.24) is 0 Å². The Morgan fingerprint density at radius 3 is 2.27 bits per heavy atom. The summed E-state index contributed by atoms with van der Waals surface area (Å²) in [6, 6.07) is 0. The summed E-state index contributed by atoms with van der Waals surface area (Å²) in [5, 5.41) is 0. The van der Waals surface area contributed by atoms with E-state index in [9.17, 15) is 0 Å². The van der Waals surface area contributed by atoms with Gasteiger partial charge in [-0.1, -0.05) is 33.6 Å². The van der Waals surface area contributed by atoms with Gasteiger partial charge in [0.15, 0.2) is 0 Å². The molecule has 90 valence electrons. The Morgan fingerprint density at radius 2 is 1.73 bits per heavy atom. The highest BCUT2D eigenvalue weighted by molar-refractivity contribution is 4.73. The average Bonchev–Trinajstić information content (AvgIpc) is 2.16. The highest BCUT2D eigenvalue weighted by atomic mass is 17.2. The van der Waals surface area contributed by atoms with E-state index in [0.717, 1.165) is 6.42 Å². The molecule has 0 aliphatic heterocycles. The van der Waals surface area contributed by atoms with E-state index < -0.39 is 0 Å². The van der Waals surface area contributed by atoms with Crippen LogP contribution < -0.4 is 0 Å². The van der Waals surface area contributed by atoms with Crippen LogP contribution in [0.1, 0.15) is 60.3 Å². The van der Waals surface area contributed by atoms with Gasteiger partial charge in [-0.05, 0) is 38.5 Å². The maximum Gasteiger partial charge on any atom is 0.100 e. The zero-order valence-electron chi connectivity index (χ0n) is 10.9. The molecule has 0 aromatic heterocycles. The van der Waals surface area contributed by atoms with Gasteiger partial charge in [-0.2, -0.15) is 0 Å². The van der Waals surface area contributed by atoms with Gasteiger partial charge in [0, 0.05) is 0 Å². The van der Waals surface area contributed by atoms with Gasteiger partial charge in [0.1, 0.15) is 5.60 Å². The van der Waals surface area contributed by atoms with E-state index in [-0.39, 0.29) is 5.60 Å². The molecule has 0 heterocycles. The molecule has 0 spiro atoms. The largest absolute Gasteiger partial charge is 0.233 e. The van der Waals surface area contributed by atoms with Crippen molar-refractivity contribution in [2.45, 2.75) is 72.0 Å². The molecule has 1 aliphatic rings. The number of hydrogen-bond donors (Lipinski definition) is 0. The average molecular weight is 214 g/mol. The lowest BCUT2D eigenvalue weighted by atomic mass is 9.88. The van der Waals surface area contributed by atoms with Gasteiger partial charge in [-0.25, -0.2) is 9.78 Å². The molecule has 1 saturated carbocycles. The van der Waals surface area contributed by atoms with Crippen LogP contribution in [0.3, 0.4) is 0 Å². The van der Waals surface area contributed by atoms with Crippen LogP contribution in [0.25, 0.3) is 0 Å². The summed E-state index contributed by atoms with van der Waals surface area (Å²) < 4.78 is 0. The molecular formula is C13H26O2. The van der Waals surface area contributed by atoms with Gasteiger partial charge in [0.2, 0.25) is 0 Å². The second kappa shape index (κ2) is 5.31. The molecule has 2 unspecified atom stereocenters. The second-order valence-corrected chi connectivity index (χ2v) is 5.74. The lowest BCUT2D eigenvalue weighted by Gasteiger charge is -2.33. The van der Waals surface area contributed by atoms with Crippen LogP contribution >= 0.6 is 0 Å². The zero-order chi connectivity index (χ0) is 11.5. The van der Waals surface area contributed by atoms with Gasteiger partial charge in [-0.3, -0.25) is 0 Å². The summed E-state index contributed by atoms with van der Waals surface area (Å²) in [5.74, 6) is 1.11. The third-order valence-electron chi connectivity index (χ3n) is 3.81. The fourth-order valence-electron chi connectivity index (χ4n) is 1.71. The summed E-state index contributed by atoms with van der Waals surface area (Å²) in [4.78, 5) is 11.2. The lowest BCUT2D eigenvalue weighted by Crippen LogP contribution is -2.35. The minimum atomic E-state index is -0.183. The molecule has 2 nitrogen and oxygen atoms in total. The van der Waals surface area contributed by atoms with Crippen molar-refractivity contribution in [2.75, 3.05) is 0 Å². The van der Waals surface area contributed by atoms with Crippen molar-refractivity contribution in [3.05, 3.63) is 0 Å². The molecule has 0 saturated heterocycles. The van der Waals surface area contributed by atoms with E-state index in [4.69, 9.17) is 9.78 Å². The van der Waals surface area contributed by atoms with E-state index in [1.54, 1.807) is 0 Å². The van der Waals surface area contributed by atoms with Crippen LogP contribution in [0.15, 0.2) is 0 Å². The quantitative estimate of drug-likeness (QED) is 0.521. The Hall–Kier alpha value is -0.0800. The first-order chi connectivity index (χ1) is 6.93. The molecule has 0 amide bonds. The van der Waals surface area contributed by atoms with Gasteiger partial charge >= 0.3 is 0 Å². The number of rotatable bonds is 4. The fourth-order valence-corrected chi connectivity index (χ4v) is 1.71. The maximum atomic E-state index is 5.62. The smallest absolute Gasteiger partial charge is 0.100 e. The van der Waals surface area contributed by atoms with E-state index >= 15 is 0 Å². The van der Waals surface area contributed by atoms with Crippen LogP contribution in [0.4, 0.5) is 0 Å². The molecule has 0 bridgehead atoms. The van der Waals surface area contributed by atoms with Crippen LogP contribution in [-0.4, -0.2) is 11.7 Å². The Morgan fingerprint density at radius 1 is 1.13 bits per heavy atom. The molecule has 0 N–H and O–H groups in total. The van der Waals surface area contributed by atoms with Crippen LogP contribution in [0.2, 0.25) is 0 Å². The van der Waals surface area contributed by atoms with Crippen molar-refractivity contribution >= 4 is 0 Å². The topological polar surface area (TPSA) is 18.5 Å². The Bertz CT molecular complexity index is 187. The molecular weight excluding hydrogens is 188 g/mol. The second-order valence-electron chi connectivity index (χ2n) is 5.74. The standard InChI is InChI=1S/C13H26O2/c1-10(2)13(4,5)15-14-12-9-7-6-8-11(12)3/h10-12H,6-9H2,1-5H3. The lowest BCUT2D eigenvalue weighted by molar-refractivity contribution is -0.394. The van der Waals surface area contributed by atoms with Crippen molar-refractivity contribution in [2.24, 2.45) is 11.8 Å². The van der Waals surface area contributed by atoms with Crippen LogP contribution in [0, 0.1) is 11.8 Å². The summed E-state index contributed by atoms with van der Waals surface area (Å²) >= 11 is 0. The summed E-state index contributed by atoms with van der Waals surface area (Å²) in [5.41, 5.74) is -0.183. The number of hydrogen-bond acceptors (Lipinski definition) is 2. The third-order valence-corrected chi connectivity index (χ3v) is 3.81. The normalized spacial score (nSPS) is 28.4. The van der Waals surface area contributed by atoms with E-state index in [2.05, 4.69) is 34.6 Å². The Balaban J connectivity index is 2.35. The van der Waals surface area contributed by atoms with Crippen molar-refractivity contribution in [1.29, 1.82) is 0 Å². The molecule has 2 atom stereocenters. The molecule has 0 aromatic carbocycles. The molecule has 1 rings (SSSR count). The van der Waals surface area contributed by atoms with E-state index in [1.165, 1.54) is 19.3 Å². The molecule has 1 fully saturated rings. The van der Waals surface area contributed by atoms with Gasteiger partial charge in [0.05, 0.1) is 6.10 Å². The monoisotopic (exact) mass is 214 g/mol. The molecule has 15 heavy (non-hydrogen) atoms. The predicted molar refractivity (Wildman–Crippen MR) is 62.5 cm³/mol. The predicted octanol–water partition coefficient (Wildman–Crippen LogP) is 3.95. The molecule has 0 aromatic rings. The Labute approximate surface area is 94.3 Å². The summed E-state index contributed by atoms with van der Waals surface area (Å²) in [6.07, 6.45) is 5.34. The summed E-state index contributed by atoms with van der Waals surface area (Å²) in [7, 11) is 0. The zero-order valence-corrected chi connectivity index (χ0v) is 10.9.